The third kappa shape index (κ3) is 1.28. The largest absolute Gasteiger partial charge is 0.472 e. The van der Waals surface area contributed by atoms with E-state index in [0.717, 1.165) is 0 Å². The third-order valence-electron chi connectivity index (χ3n) is 3.93. The number of aliphatic hydroxyl groups is 1. The molecule has 2 fully saturated rings. The van der Waals surface area contributed by atoms with Crippen molar-refractivity contribution in [1.82, 2.24) is 0 Å². The lowest BCUT2D eigenvalue weighted by molar-refractivity contribution is 0.0168. The van der Waals surface area contributed by atoms with Crippen LogP contribution in [0.25, 0.3) is 0 Å². The van der Waals surface area contributed by atoms with Crippen LogP contribution in [0.1, 0.15) is 31.2 Å². The molecule has 0 amide bonds. The zero-order valence-corrected chi connectivity index (χ0v) is 9.61. The number of rotatable bonds is 1. The van der Waals surface area contributed by atoms with Crippen LogP contribution in [0.4, 0.5) is 0 Å². The Morgan fingerprint density at radius 2 is 1.94 bits per heavy atom. The van der Waals surface area contributed by atoms with Gasteiger partial charge in [0, 0.05) is 5.56 Å². The van der Waals surface area contributed by atoms with E-state index in [-0.39, 0.29) is 10.5 Å². The van der Waals surface area contributed by atoms with Crippen LogP contribution in [0.15, 0.2) is 23.0 Å². The van der Waals surface area contributed by atoms with Crippen LogP contribution < -0.4 is 0 Å². The Kier molecular flexibility index (Phi) is 2.01. The first-order valence-corrected chi connectivity index (χ1v) is 7.11. The van der Waals surface area contributed by atoms with Crippen molar-refractivity contribution >= 4 is 9.84 Å². The lowest BCUT2D eigenvalue weighted by atomic mass is 9.88. The normalized spacial score (nSPS) is 41.1. The maximum absolute atomic E-state index is 11.9. The highest BCUT2D eigenvalue weighted by Crippen LogP contribution is 2.47. The van der Waals surface area contributed by atoms with Crippen LogP contribution in [-0.2, 0) is 15.4 Å². The van der Waals surface area contributed by atoms with Crippen molar-refractivity contribution in [2.45, 2.75) is 41.8 Å². The van der Waals surface area contributed by atoms with Gasteiger partial charge < -0.3 is 9.52 Å². The minimum absolute atomic E-state index is 0.311. The second-order valence-corrected chi connectivity index (χ2v) is 7.37. The number of fused-ring (bicyclic) bond motifs is 2. The quantitative estimate of drug-likeness (QED) is 0.803. The molecule has 2 bridgehead atoms. The highest BCUT2D eigenvalue weighted by atomic mass is 32.2. The van der Waals surface area contributed by atoms with Gasteiger partial charge in [0.05, 0.1) is 28.6 Å². The molecular formula is C11H14O4S. The fraction of sp³-hybridized carbons (Fsp3) is 0.636. The molecule has 2 saturated heterocycles. The molecule has 16 heavy (non-hydrogen) atoms. The van der Waals surface area contributed by atoms with E-state index in [1.165, 1.54) is 12.5 Å². The van der Waals surface area contributed by atoms with E-state index >= 15 is 0 Å². The number of hydrogen-bond donors (Lipinski definition) is 1. The Morgan fingerprint density at radius 1 is 1.31 bits per heavy atom. The van der Waals surface area contributed by atoms with Gasteiger partial charge in [-0.25, -0.2) is 8.42 Å². The zero-order valence-electron chi connectivity index (χ0n) is 8.80. The summed E-state index contributed by atoms with van der Waals surface area (Å²) in [5, 5.41) is 9.78. The molecule has 1 aromatic rings. The summed E-state index contributed by atoms with van der Waals surface area (Å²) in [6.07, 6.45) is 5.02. The SMILES string of the molecule is O=S1(=O)C2CCC1CC(O)(c1ccoc1)C2. The lowest BCUT2D eigenvalue weighted by Gasteiger charge is -2.35. The molecule has 0 radical (unpaired) electrons. The maximum Gasteiger partial charge on any atom is 0.156 e. The molecule has 3 heterocycles. The summed E-state index contributed by atoms with van der Waals surface area (Å²) in [7, 11) is -2.98. The first kappa shape index (κ1) is 10.4. The van der Waals surface area contributed by atoms with E-state index in [1.54, 1.807) is 6.07 Å². The summed E-state index contributed by atoms with van der Waals surface area (Å²) in [6, 6.07) is 1.72. The standard InChI is InChI=1S/C11H14O4S/c12-11(8-3-4-15-7-8)5-9-1-2-10(6-11)16(9,13)14/h3-4,7,9-10,12H,1-2,5-6H2. The van der Waals surface area contributed by atoms with Gasteiger partial charge in [-0.15, -0.1) is 0 Å². The average molecular weight is 242 g/mol. The molecule has 4 nitrogen and oxygen atoms in total. The first-order chi connectivity index (χ1) is 7.52. The van der Waals surface area contributed by atoms with E-state index < -0.39 is 15.4 Å². The van der Waals surface area contributed by atoms with Crippen molar-refractivity contribution in [3.63, 3.8) is 0 Å². The minimum atomic E-state index is -2.98. The summed E-state index contributed by atoms with van der Waals surface area (Å²) in [5.74, 6) is 0. The second kappa shape index (κ2) is 3.11. The molecular weight excluding hydrogens is 228 g/mol. The summed E-state index contributed by atoms with van der Waals surface area (Å²) in [6.45, 7) is 0. The fourth-order valence-corrected chi connectivity index (χ4v) is 5.50. The predicted molar refractivity (Wildman–Crippen MR) is 57.6 cm³/mol. The fourth-order valence-electron chi connectivity index (χ4n) is 3.01. The summed E-state index contributed by atoms with van der Waals surface area (Å²) in [5.41, 5.74) is -0.302. The van der Waals surface area contributed by atoms with Crippen molar-refractivity contribution in [2.75, 3.05) is 0 Å². The molecule has 88 valence electrons. The van der Waals surface area contributed by atoms with Crippen LogP contribution in [0.3, 0.4) is 0 Å². The van der Waals surface area contributed by atoms with Crippen LogP contribution in [0.2, 0.25) is 0 Å². The summed E-state index contributed by atoms with van der Waals surface area (Å²) < 4.78 is 28.8. The van der Waals surface area contributed by atoms with Gasteiger partial charge in [0.1, 0.15) is 0 Å². The Labute approximate surface area is 94.2 Å². The maximum atomic E-state index is 11.9. The Hall–Kier alpha value is -0.810. The van der Waals surface area contributed by atoms with Crippen molar-refractivity contribution in [1.29, 1.82) is 0 Å². The first-order valence-electron chi connectivity index (χ1n) is 5.50. The molecule has 3 rings (SSSR count). The van der Waals surface area contributed by atoms with Gasteiger partial charge >= 0.3 is 0 Å². The molecule has 1 aromatic heterocycles. The Morgan fingerprint density at radius 3 is 2.44 bits per heavy atom. The summed E-state index contributed by atoms with van der Waals surface area (Å²) in [4.78, 5) is 0. The van der Waals surface area contributed by atoms with Crippen molar-refractivity contribution < 1.29 is 17.9 Å². The molecule has 0 aromatic carbocycles. The average Bonchev–Trinajstić information content (AvgIpc) is 2.77. The highest BCUT2D eigenvalue weighted by Gasteiger charge is 2.53. The third-order valence-corrected chi connectivity index (χ3v) is 6.59. The van der Waals surface area contributed by atoms with Gasteiger partial charge in [0.25, 0.3) is 0 Å². The van der Waals surface area contributed by atoms with Gasteiger partial charge in [-0.2, -0.15) is 0 Å². The van der Waals surface area contributed by atoms with Crippen molar-refractivity contribution in [3.05, 3.63) is 24.2 Å². The van der Waals surface area contributed by atoms with E-state index in [2.05, 4.69) is 0 Å². The van der Waals surface area contributed by atoms with Gasteiger partial charge in [0.15, 0.2) is 9.84 Å². The van der Waals surface area contributed by atoms with E-state index in [0.29, 0.717) is 31.2 Å². The van der Waals surface area contributed by atoms with Gasteiger partial charge in [0.2, 0.25) is 0 Å². The Bertz CT molecular complexity index is 468. The molecule has 2 atom stereocenters. The van der Waals surface area contributed by atoms with Crippen LogP contribution in [-0.4, -0.2) is 24.0 Å². The number of hydrogen-bond acceptors (Lipinski definition) is 4. The van der Waals surface area contributed by atoms with E-state index in [4.69, 9.17) is 4.42 Å². The second-order valence-electron chi connectivity index (χ2n) is 4.86. The van der Waals surface area contributed by atoms with Gasteiger partial charge in [-0.3, -0.25) is 0 Å². The van der Waals surface area contributed by atoms with Crippen LogP contribution >= 0.6 is 0 Å². The highest BCUT2D eigenvalue weighted by molar-refractivity contribution is 7.93. The topological polar surface area (TPSA) is 67.5 Å². The summed E-state index contributed by atoms with van der Waals surface area (Å²) >= 11 is 0. The number of furan rings is 1. The Balaban J connectivity index is 1.99. The molecule has 0 aliphatic carbocycles. The molecule has 2 aliphatic rings. The monoisotopic (exact) mass is 242 g/mol. The van der Waals surface area contributed by atoms with Gasteiger partial charge in [-0.1, -0.05) is 0 Å². The minimum Gasteiger partial charge on any atom is -0.472 e. The van der Waals surface area contributed by atoms with Crippen LogP contribution in [0, 0.1) is 0 Å². The predicted octanol–water partition coefficient (Wildman–Crippen LogP) is 1.21. The van der Waals surface area contributed by atoms with E-state index in [1.807, 2.05) is 0 Å². The molecule has 2 aliphatic heterocycles. The molecule has 2 unspecified atom stereocenters. The van der Waals surface area contributed by atoms with E-state index in [9.17, 15) is 13.5 Å². The van der Waals surface area contributed by atoms with Crippen molar-refractivity contribution in [2.24, 2.45) is 0 Å². The molecule has 0 spiro atoms. The molecule has 1 N–H and O–H groups in total. The lowest BCUT2D eigenvalue weighted by Crippen LogP contribution is -2.42. The molecule has 0 saturated carbocycles. The zero-order chi connectivity index (χ0) is 11.4. The van der Waals surface area contributed by atoms with Crippen molar-refractivity contribution in [3.8, 4) is 0 Å². The van der Waals surface area contributed by atoms with Crippen LogP contribution in [0.5, 0.6) is 0 Å². The number of sulfone groups is 1. The van der Waals surface area contributed by atoms with Gasteiger partial charge in [-0.05, 0) is 31.7 Å². The smallest absolute Gasteiger partial charge is 0.156 e. The molecule has 5 heteroatoms.